The number of halogens is 1. The largest absolute Gasteiger partial charge is 0.493 e. The number of methoxy groups -OCH3 is 2. The van der Waals surface area contributed by atoms with E-state index in [9.17, 15) is 17.6 Å². The van der Waals surface area contributed by atoms with Gasteiger partial charge in [0.15, 0.2) is 11.5 Å². The zero-order valence-electron chi connectivity index (χ0n) is 18.5. The highest BCUT2D eigenvalue weighted by atomic mass is 32.2. The van der Waals surface area contributed by atoms with Gasteiger partial charge in [0.1, 0.15) is 11.9 Å². The summed E-state index contributed by atoms with van der Waals surface area (Å²) in [4.78, 5) is 13.0. The Morgan fingerprint density at radius 3 is 2.33 bits per heavy atom. The summed E-state index contributed by atoms with van der Waals surface area (Å²) < 4.78 is 52.8. The molecule has 0 saturated heterocycles. The van der Waals surface area contributed by atoms with Crippen molar-refractivity contribution in [1.29, 1.82) is 0 Å². The van der Waals surface area contributed by atoms with E-state index < -0.39 is 27.8 Å². The fraction of sp³-hybridized carbons (Fsp3) is 0.208. The molecule has 0 fully saturated rings. The standard InChI is InChI=1S/C24H25FN2O5S/c1-16-9-10-18(25)14-20(16)26-24(28)21(13-17-7-5-4-6-8-17)27-33(29,30)19-11-12-22(31-2)23(15-19)32-3/h4-12,14-15,21,27H,13H2,1-3H3,(H,26,28)/t21-/m0/s1. The van der Waals surface area contributed by atoms with Crippen molar-refractivity contribution in [1.82, 2.24) is 4.72 Å². The Morgan fingerprint density at radius 2 is 1.67 bits per heavy atom. The van der Waals surface area contributed by atoms with Gasteiger partial charge in [-0.15, -0.1) is 0 Å². The third-order valence-corrected chi connectivity index (χ3v) is 6.49. The number of hydrogen-bond donors (Lipinski definition) is 2. The molecule has 3 aromatic rings. The van der Waals surface area contributed by atoms with Crippen LogP contribution in [0.1, 0.15) is 11.1 Å². The molecule has 0 spiro atoms. The minimum Gasteiger partial charge on any atom is -0.493 e. The third kappa shape index (κ3) is 6.09. The van der Waals surface area contributed by atoms with Gasteiger partial charge in [0.05, 0.1) is 19.1 Å². The van der Waals surface area contributed by atoms with E-state index in [-0.39, 0.29) is 22.8 Å². The van der Waals surface area contributed by atoms with Gasteiger partial charge in [-0.1, -0.05) is 36.4 Å². The molecule has 1 amide bonds. The van der Waals surface area contributed by atoms with Crippen LogP contribution in [0.4, 0.5) is 10.1 Å². The summed E-state index contributed by atoms with van der Waals surface area (Å²) in [6.07, 6.45) is 0.0908. The van der Waals surface area contributed by atoms with Crippen molar-refractivity contribution < 1.29 is 27.1 Å². The summed E-state index contributed by atoms with van der Waals surface area (Å²) in [5, 5.41) is 2.64. The summed E-state index contributed by atoms with van der Waals surface area (Å²) in [7, 11) is -1.27. The number of nitrogens with one attached hydrogen (secondary N) is 2. The molecule has 0 heterocycles. The fourth-order valence-corrected chi connectivity index (χ4v) is 4.44. The molecule has 0 aliphatic heterocycles. The summed E-state index contributed by atoms with van der Waals surface area (Å²) in [6.45, 7) is 1.72. The van der Waals surface area contributed by atoms with Crippen molar-refractivity contribution in [3.63, 3.8) is 0 Å². The number of sulfonamides is 1. The van der Waals surface area contributed by atoms with Crippen molar-refractivity contribution in [3.8, 4) is 11.5 Å². The molecule has 0 aromatic heterocycles. The van der Waals surface area contributed by atoms with E-state index in [2.05, 4.69) is 10.0 Å². The first-order valence-corrected chi connectivity index (χ1v) is 11.6. The molecule has 3 rings (SSSR count). The van der Waals surface area contributed by atoms with Gasteiger partial charge in [0.2, 0.25) is 15.9 Å². The second kappa shape index (κ2) is 10.5. The highest BCUT2D eigenvalue weighted by Crippen LogP contribution is 2.29. The van der Waals surface area contributed by atoms with Gasteiger partial charge in [-0.05, 0) is 48.7 Å². The molecular formula is C24H25FN2O5S. The number of aryl methyl sites for hydroxylation is 1. The molecule has 0 saturated carbocycles. The number of benzene rings is 3. The van der Waals surface area contributed by atoms with Crippen molar-refractivity contribution in [2.24, 2.45) is 0 Å². The quantitative estimate of drug-likeness (QED) is 0.496. The molecule has 0 bridgehead atoms. The molecule has 2 N–H and O–H groups in total. The van der Waals surface area contributed by atoms with Crippen LogP contribution >= 0.6 is 0 Å². The van der Waals surface area contributed by atoms with Crippen LogP contribution in [-0.4, -0.2) is 34.6 Å². The SMILES string of the molecule is COc1ccc(S(=O)(=O)N[C@@H](Cc2ccccc2)C(=O)Nc2cc(F)ccc2C)cc1OC. The van der Waals surface area contributed by atoms with E-state index in [1.807, 2.05) is 6.07 Å². The van der Waals surface area contributed by atoms with Crippen molar-refractivity contribution >= 4 is 21.6 Å². The molecule has 1 atom stereocenters. The second-order valence-electron chi connectivity index (χ2n) is 7.33. The van der Waals surface area contributed by atoms with Crippen LogP contribution in [0.3, 0.4) is 0 Å². The zero-order valence-corrected chi connectivity index (χ0v) is 19.3. The molecule has 7 nitrogen and oxygen atoms in total. The minimum absolute atomic E-state index is 0.0899. The van der Waals surface area contributed by atoms with Crippen LogP contribution in [0.5, 0.6) is 11.5 Å². The monoisotopic (exact) mass is 472 g/mol. The first kappa shape index (κ1) is 24.2. The molecular weight excluding hydrogens is 447 g/mol. The maximum absolute atomic E-state index is 13.7. The Bertz CT molecular complexity index is 1230. The molecule has 0 unspecified atom stereocenters. The Balaban J connectivity index is 1.92. The molecule has 3 aromatic carbocycles. The normalized spacial score (nSPS) is 12.1. The first-order valence-electron chi connectivity index (χ1n) is 10.1. The van der Waals surface area contributed by atoms with Crippen LogP contribution in [0.2, 0.25) is 0 Å². The third-order valence-electron chi connectivity index (χ3n) is 5.02. The maximum atomic E-state index is 13.7. The average Bonchev–Trinajstić information content (AvgIpc) is 2.81. The molecule has 0 radical (unpaired) electrons. The number of hydrogen-bond acceptors (Lipinski definition) is 5. The lowest BCUT2D eigenvalue weighted by atomic mass is 10.1. The minimum atomic E-state index is -4.11. The molecule has 0 aliphatic carbocycles. The number of carbonyl (C=O) groups excluding carboxylic acids is 1. The summed E-state index contributed by atoms with van der Waals surface area (Å²) in [5.74, 6) is -0.519. The fourth-order valence-electron chi connectivity index (χ4n) is 3.23. The van der Waals surface area contributed by atoms with Gasteiger partial charge in [-0.3, -0.25) is 4.79 Å². The molecule has 174 valence electrons. The number of carbonyl (C=O) groups is 1. The van der Waals surface area contributed by atoms with Crippen molar-refractivity contribution in [2.45, 2.75) is 24.3 Å². The summed E-state index contributed by atoms with van der Waals surface area (Å²) >= 11 is 0. The van der Waals surface area contributed by atoms with Crippen LogP contribution in [0.15, 0.2) is 71.6 Å². The van der Waals surface area contributed by atoms with E-state index in [0.29, 0.717) is 11.3 Å². The highest BCUT2D eigenvalue weighted by molar-refractivity contribution is 7.89. The van der Waals surface area contributed by atoms with Gasteiger partial charge in [-0.25, -0.2) is 12.8 Å². The van der Waals surface area contributed by atoms with E-state index in [1.165, 1.54) is 50.6 Å². The Kier molecular flexibility index (Phi) is 7.67. The van der Waals surface area contributed by atoms with Gasteiger partial charge < -0.3 is 14.8 Å². The Labute approximate surface area is 192 Å². The van der Waals surface area contributed by atoms with Gasteiger partial charge >= 0.3 is 0 Å². The number of ether oxygens (including phenoxy) is 2. The van der Waals surface area contributed by atoms with Crippen LogP contribution in [-0.2, 0) is 21.2 Å². The van der Waals surface area contributed by atoms with E-state index in [0.717, 1.165) is 5.56 Å². The predicted octanol–water partition coefficient (Wildman–Crippen LogP) is 3.68. The number of rotatable bonds is 9. The summed E-state index contributed by atoms with van der Waals surface area (Å²) in [5.41, 5.74) is 1.66. The smallest absolute Gasteiger partial charge is 0.242 e. The molecule has 9 heteroatoms. The van der Waals surface area contributed by atoms with E-state index in [4.69, 9.17) is 9.47 Å². The average molecular weight is 473 g/mol. The lowest BCUT2D eigenvalue weighted by Gasteiger charge is -2.20. The number of amides is 1. The number of anilines is 1. The topological polar surface area (TPSA) is 93.7 Å². The zero-order chi connectivity index (χ0) is 24.0. The highest BCUT2D eigenvalue weighted by Gasteiger charge is 2.27. The Morgan fingerprint density at radius 1 is 0.970 bits per heavy atom. The second-order valence-corrected chi connectivity index (χ2v) is 9.04. The van der Waals surface area contributed by atoms with E-state index in [1.54, 1.807) is 31.2 Å². The van der Waals surface area contributed by atoms with Crippen LogP contribution < -0.4 is 19.5 Å². The lowest BCUT2D eigenvalue weighted by Crippen LogP contribution is -2.45. The van der Waals surface area contributed by atoms with E-state index >= 15 is 0 Å². The van der Waals surface area contributed by atoms with Crippen molar-refractivity contribution in [3.05, 3.63) is 83.7 Å². The van der Waals surface area contributed by atoms with Crippen molar-refractivity contribution in [2.75, 3.05) is 19.5 Å². The van der Waals surface area contributed by atoms with Crippen LogP contribution in [0, 0.1) is 12.7 Å². The van der Waals surface area contributed by atoms with Gasteiger partial charge in [-0.2, -0.15) is 4.72 Å². The van der Waals surface area contributed by atoms with Crippen LogP contribution in [0.25, 0.3) is 0 Å². The van der Waals surface area contributed by atoms with Gasteiger partial charge in [0, 0.05) is 11.8 Å². The first-order chi connectivity index (χ1) is 15.7. The molecule has 0 aliphatic rings. The summed E-state index contributed by atoms with van der Waals surface area (Å²) in [6, 6.07) is 16.0. The lowest BCUT2D eigenvalue weighted by molar-refractivity contribution is -0.117. The van der Waals surface area contributed by atoms with Gasteiger partial charge in [0.25, 0.3) is 0 Å². The Hall–Kier alpha value is -3.43. The maximum Gasteiger partial charge on any atom is 0.242 e. The molecule has 33 heavy (non-hydrogen) atoms. The predicted molar refractivity (Wildman–Crippen MR) is 124 cm³/mol.